The molecule has 0 spiro atoms. The third-order valence-corrected chi connectivity index (χ3v) is 9.00. The minimum Gasteiger partial charge on any atom is -0.478 e. The van der Waals surface area contributed by atoms with Gasteiger partial charge >= 0.3 is 0 Å². The molecule has 3 aromatic carbocycles. The molecular formula is C43H59FN2O3. The first-order chi connectivity index (χ1) is 23.8. The molecule has 6 rings (SSSR count). The Morgan fingerprint density at radius 1 is 0.694 bits per heavy atom. The molecule has 266 valence electrons. The van der Waals surface area contributed by atoms with E-state index in [-0.39, 0.29) is 17.6 Å². The van der Waals surface area contributed by atoms with Crippen molar-refractivity contribution >= 4 is 23.2 Å². The van der Waals surface area contributed by atoms with Crippen molar-refractivity contribution in [3.63, 3.8) is 0 Å². The summed E-state index contributed by atoms with van der Waals surface area (Å²) in [5, 5.41) is 0. The molecule has 0 radical (unpaired) electrons. The first-order valence-electron chi connectivity index (χ1n) is 18.7. The highest BCUT2D eigenvalue weighted by atomic mass is 19.1. The number of carbonyl (C=O) groups is 2. The van der Waals surface area contributed by atoms with Gasteiger partial charge in [0.25, 0.3) is 11.8 Å². The molecule has 1 saturated carbocycles. The van der Waals surface area contributed by atoms with Crippen LogP contribution in [0.2, 0.25) is 0 Å². The van der Waals surface area contributed by atoms with E-state index in [9.17, 15) is 14.0 Å². The molecule has 1 atom stereocenters. The van der Waals surface area contributed by atoms with Gasteiger partial charge in [0.1, 0.15) is 11.6 Å². The molecule has 1 fully saturated rings. The monoisotopic (exact) mass is 670 g/mol. The van der Waals surface area contributed by atoms with Crippen LogP contribution < -0.4 is 9.64 Å². The Balaban J connectivity index is 0.000000315. The number of carbonyl (C=O) groups excluding carboxylic acids is 2. The molecular weight excluding hydrogens is 611 g/mol. The smallest absolute Gasteiger partial charge is 0.268 e. The zero-order valence-electron chi connectivity index (χ0n) is 30.9. The molecule has 5 nitrogen and oxygen atoms in total. The number of amides is 2. The van der Waals surface area contributed by atoms with E-state index in [0.717, 1.165) is 65.9 Å². The number of nitrogens with zero attached hydrogens (tertiary/aromatic N) is 2. The Hall–Kier alpha value is -3.93. The lowest BCUT2D eigenvalue weighted by molar-refractivity contribution is -0.126. The average Bonchev–Trinajstić information content (AvgIpc) is 3.37. The van der Waals surface area contributed by atoms with Gasteiger partial charge in [-0.2, -0.15) is 0 Å². The summed E-state index contributed by atoms with van der Waals surface area (Å²) in [6, 6.07) is 22.0. The highest BCUT2D eigenvalue weighted by Gasteiger charge is 2.38. The normalized spacial score (nSPS) is 15.8. The quantitative estimate of drug-likeness (QED) is 0.202. The Morgan fingerprint density at radius 2 is 1.31 bits per heavy atom. The van der Waals surface area contributed by atoms with E-state index in [1.807, 2.05) is 65.3 Å². The van der Waals surface area contributed by atoms with Crippen molar-refractivity contribution in [1.82, 2.24) is 4.90 Å². The minimum absolute atomic E-state index is 0.00168. The van der Waals surface area contributed by atoms with Crippen LogP contribution >= 0.6 is 0 Å². The van der Waals surface area contributed by atoms with E-state index < -0.39 is 6.10 Å². The lowest BCUT2D eigenvalue weighted by atomic mass is 9.88. The predicted molar refractivity (Wildman–Crippen MR) is 203 cm³/mol. The number of aryl methyl sites for hydroxylation is 1. The summed E-state index contributed by atoms with van der Waals surface area (Å²) in [5.74, 6) is 0.623. The second-order valence-electron chi connectivity index (χ2n) is 13.0. The first kappa shape index (κ1) is 39.5. The predicted octanol–water partition coefficient (Wildman–Crippen LogP) is 11.5. The second kappa shape index (κ2) is 21.2. The number of ether oxygens (including phenoxy) is 1. The van der Waals surface area contributed by atoms with Crippen molar-refractivity contribution in [2.24, 2.45) is 0 Å². The third kappa shape index (κ3) is 11.3. The van der Waals surface area contributed by atoms with Gasteiger partial charge in [-0.3, -0.25) is 9.59 Å². The lowest BCUT2D eigenvalue weighted by Crippen LogP contribution is -2.47. The largest absolute Gasteiger partial charge is 0.478 e. The first-order valence-corrected chi connectivity index (χ1v) is 18.7. The van der Waals surface area contributed by atoms with Crippen molar-refractivity contribution in [2.75, 3.05) is 18.0 Å². The fourth-order valence-corrected chi connectivity index (χ4v) is 5.80. The zero-order chi connectivity index (χ0) is 35.6. The summed E-state index contributed by atoms with van der Waals surface area (Å²) >= 11 is 0. The van der Waals surface area contributed by atoms with Gasteiger partial charge in [-0.15, -0.1) is 0 Å². The number of allylic oxidation sites excluding steroid dienone is 1. The van der Waals surface area contributed by atoms with Crippen LogP contribution in [-0.4, -0.2) is 35.9 Å². The van der Waals surface area contributed by atoms with Gasteiger partial charge in [0, 0.05) is 30.6 Å². The summed E-state index contributed by atoms with van der Waals surface area (Å²) in [6.07, 6.45) is 13.1. The molecule has 0 N–H and O–H groups in total. The molecule has 0 bridgehead atoms. The number of unbranched alkanes of at least 4 members (excludes halogenated alkanes) is 5. The number of hydrogen-bond donors (Lipinski definition) is 0. The summed E-state index contributed by atoms with van der Waals surface area (Å²) in [4.78, 5) is 30.3. The van der Waals surface area contributed by atoms with Crippen molar-refractivity contribution < 1.29 is 18.7 Å². The van der Waals surface area contributed by atoms with Crippen LogP contribution in [0.25, 0.3) is 5.70 Å². The van der Waals surface area contributed by atoms with Crippen LogP contribution in [0.5, 0.6) is 5.75 Å². The molecule has 1 aliphatic carbocycles. The van der Waals surface area contributed by atoms with Crippen LogP contribution in [0.3, 0.4) is 0 Å². The van der Waals surface area contributed by atoms with Crippen molar-refractivity contribution in [1.29, 1.82) is 0 Å². The van der Waals surface area contributed by atoms with E-state index in [0.29, 0.717) is 19.5 Å². The van der Waals surface area contributed by atoms with Crippen molar-refractivity contribution in [3.05, 3.63) is 101 Å². The van der Waals surface area contributed by atoms with Gasteiger partial charge in [0.15, 0.2) is 6.10 Å². The minimum atomic E-state index is -0.573. The van der Waals surface area contributed by atoms with Crippen LogP contribution in [0, 0.1) is 12.7 Å². The number of benzene rings is 3. The summed E-state index contributed by atoms with van der Waals surface area (Å²) < 4.78 is 18.2. The summed E-state index contributed by atoms with van der Waals surface area (Å²) in [7, 11) is 0. The van der Waals surface area contributed by atoms with E-state index >= 15 is 0 Å². The third-order valence-electron chi connectivity index (χ3n) is 9.00. The fraction of sp³-hybridized carbons (Fsp3) is 0.488. The number of fused-ring (bicyclic) bond motifs is 2. The number of hydrogen-bond acceptors (Lipinski definition) is 3. The van der Waals surface area contributed by atoms with Crippen LogP contribution in [0.1, 0.15) is 133 Å². The second-order valence-corrected chi connectivity index (χ2v) is 13.0. The maximum atomic E-state index is 13.4. The molecule has 0 saturated heterocycles. The molecule has 3 aromatic rings. The van der Waals surface area contributed by atoms with E-state index in [1.54, 1.807) is 12.1 Å². The van der Waals surface area contributed by atoms with E-state index in [1.165, 1.54) is 56.2 Å². The zero-order valence-corrected chi connectivity index (χ0v) is 30.9. The van der Waals surface area contributed by atoms with Gasteiger partial charge in [-0.05, 0) is 68.5 Å². The SMILES string of the molecule is CCCC.CCCCC.CCCCCN1C(=O)C(CCN2C(=O)c3ccccc3C2=C2CCC2)Oc2ccccc21.Cc1ccc(F)cc1. The topological polar surface area (TPSA) is 49.9 Å². The standard InChI is InChI=1S/C27H30N2O3.C7H7F.C5H12.C4H10/c1-2-3-8-17-28-22-14-6-7-15-23(22)32-24(27(28)31)16-18-29-25(19-10-9-11-19)20-12-4-5-13-21(20)26(29)30;1-6-2-4-7(8)5-3-6;1-3-5-4-2;1-3-4-2/h4-7,12-15,24H,2-3,8-11,16-18H2,1H3;2-5H,1H3;3-5H2,1-2H3;3-4H2,1-2H3. The van der Waals surface area contributed by atoms with Gasteiger partial charge in [0.2, 0.25) is 0 Å². The maximum absolute atomic E-state index is 13.4. The number of halogens is 1. The Labute approximate surface area is 295 Å². The van der Waals surface area contributed by atoms with Crippen LogP contribution in [0.15, 0.2) is 78.4 Å². The molecule has 1 unspecified atom stereocenters. The van der Waals surface area contributed by atoms with Gasteiger partial charge in [-0.25, -0.2) is 4.39 Å². The lowest BCUT2D eigenvalue weighted by Gasteiger charge is -2.35. The Bertz CT molecular complexity index is 1450. The van der Waals surface area contributed by atoms with Crippen LogP contribution in [0.4, 0.5) is 10.1 Å². The number of anilines is 1. The van der Waals surface area contributed by atoms with Gasteiger partial charge < -0.3 is 14.5 Å². The summed E-state index contributed by atoms with van der Waals surface area (Å²) in [5.41, 5.74) is 6.17. The molecule has 2 amide bonds. The molecule has 2 heterocycles. The maximum Gasteiger partial charge on any atom is 0.268 e. The van der Waals surface area contributed by atoms with Crippen LogP contribution in [-0.2, 0) is 4.79 Å². The summed E-state index contributed by atoms with van der Waals surface area (Å²) in [6.45, 7) is 14.1. The molecule has 0 aromatic heterocycles. The van der Waals surface area contributed by atoms with E-state index in [2.05, 4.69) is 34.6 Å². The van der Waals surface area contributed by atoms with Crippen molar-refractivity contribution in [2.45, 2.75) is 125 Å². The fourth-order valence-electron chi connectivity index (χ4n) is 5.80. The van der Waals surface area contributed by atoms with Gasteiger partial charge in [0.05, 0.1) is 11.4 Å². The molecule has 49 heavy (non-hydrogen) atoms. The molecule has 2 aliphatic heterocycles. The Morgan fingerprint density at radius 3 is 1.86 bits per heavy atom. The number of para-hydroxylation sites is 2. The molecule has 6 heteroatoms. The highest BCUT2D eigenvalue weighted by molar-refractivity contribution is 6.09. The van der Waals surface area contributed by atoms with E-state index in [4.69, 9.17) is 4.74 Å². The van der Waals surface area contributed by atoms with Crippen molar-refractivity contribution in [3.8, 4) is 5.75 Å². The molecule has 3 aliphatic rings. The van der Waals surface area contributed by atoms with Gasteiger partial charge in [-0.1, -0.05) is 128 Å². The number of rotatable bonds is 10. The average molecular weight is 671 g/mol. The highest BCUT2D eigenvalue weighted by Crippen LogP contribution is 2.42. The Kier molecular flexibility index (Phi) is 17.1.